The summed E-state index contributed by atoms with van der Waals surface area (Å²) in [6.07, 6.45) is 2.25. The SMILES string of the molecule is COc1cccc(C(=O)NCC(c2cccs2)N2CCC(C)CC2)c1OC(F)F. The summed E-state index contributed by atoms with van der Waals surface area (Å²) in [7, 11) is 1.35. The molecule has 1 fully saturated rings. The number of alkyl halides is 2. The molecular formula is C21H26F2N2O3S. The molecule has 2 aromatic rings. The molecule has 1 amide bonds. The van der Waals surface area contributed by atoms with Crippen LogP contribution in [0.4, 0.5) is 8.78 Å². The highest BCUT2D eigenvalue weighted by molar-refractivity contribution is 7.10. The van der Waals surface area contributed by atoms with Crippen LogP contribution < -0.4 is 14.8 Å². The van der Waals surface area contributed by atoms with Gasteiger partial charge in [0.1, 0.15) is 0 Å². The van der Waals surface area contributed by atoms with Crippen LogP contribution in [0, 0.1) is 5.92 Å². The summed E-state index contributed by atoms with van der Waals surface area (Å²) in [5.74, 6) is 0.0851. The van der Waals surface area contributed by atoms with E-state index in [1.165, 1.54) is 24.1 Å². The Kier molecular flexibility index (Phi) is 7.44. The van der Waals surface area contributed by atoms with E-state index in [0.717, 1.165) is 25.9 Å². The normalized spacial score (nSPS) is 16.6. The van der Waals surface area contributed by atoms with Gasteiger partial charge in [-0.2, -0.15) is 8.78 Å². The molecule has 2 heterocycles. The molecule has 0 spiro atoms. The van der Waals surface area contributed by atoms with Crippen molar-refractivity contribution in [3.8, 4) is 11.5 Å². The fourth-order valence-electron chi connectivity index (χ4n) is 3.58. The number of benzene rings is 1. The zero-order chi connectivity index (χ0) is 20.8. The number of amides is 1. The zero-order valence-electron chi connectivity index (χ0n) is 16.6. The molecule has 1 saturated heterocycles. The Labute approximate surface area is 173 Å². The summed E-state index contributed by atoms with van der Waals surface area (Å²) < 4.78 is 35.3. The number of methoxy groups -OCH3 is 1. The Balaban J connectivity index is 1.75. The lowest BCUT2D eigenvalue weighted by atomic mass is 9.97. The molecule has 0 radical (unpaired) electrons. The van der Waals surface area contributed by atoms with Crippen molar-refractivity contribution < 1.29 is 23.0 Å². The Hall–Kier alpha value is -2.19. The van der Waals surface area contributed by atoms with E-state index < -0.39 is 12.5 Å². The third-order valence-corrected chi connectivity index (χ3v) is 6.21. The number of nitrogens with zero attached hydrogens (tertiary/aromatic N) is 1. The highest BCUT2D eigenvalue weighted by Crippen LogP contribution is 2.33. The smallest absolute Gasteiger partial charge is 0.387 e. The maximum atomic E-state index is 12.8. The average Bonchev–Trinajstić information content (AvgIpc) is 3.23. The van der Waals surface area contributed by atoms with Crippen molar-refractivity contribution in [2.45, 2.75) is 32.4 Å². The van der Waals surface area contributed by atoms with Gasteiger partial charge in [0.05, 0.1) is 18.7 Å². The van der Waals surface area contributed by atoms with Crippen LogP contribution in [0.3, 0.4) is 0 Å². The van der Waals surface area contributed by atoms with E-state index in [1.807, 2.05) is 11.4 Å². The highest BCUT2D eigenvalue weighted by Gasteiger charge is 2.27. The van der Waals surface area contributed by atoms with Crippen LogP contribution in [0.25, 0.3) is 0 Å². The minimum atomic E-state index is -3.05. The summed E-state index contributed by atoms with van der Waals surface area (Å²) in [6.45, 7) is 1.54. The number of nitrogens with one attached hydrogen (secondary N) is 1. The van der Waals surface area contributed by atoms with E-state index in [-0.39, 0.29) is 23.1 Å². The molecule has 1 aromatic carbocycles. The molecule has 0 aliphatic carbocycles. The number of carbonyl (C=O) groups excluding carboxylic acids is 1. The molecule has 3 rings (SSSR count). The molecule has 29 heavy (non-hydrogen) atoms. The van der Waals surface area contributed by atoms with Crippen molar-refractivity contribution in [2.75, 3.05) is 26.7 Å². The number of piperidine rings is 1. The number of carbonyl (C=O) groups is 1. The van der Waals surface area contributed by atoms with Gasteiger partial charge < -0.3 is 14.8 Å². The summed E-state index contributed by atoms with van der Waals surface area (Å²) in [4.78, 5) is 16.4. The lowest BCUT2D eigenvalue weighted by Crippen LogP contribution is -2.41. The fraction of sp³-hybridized carbons (Fsp3) is 0.476. The molecule has 5 nitrogen and oxygen atoms in total. The quantitative estimate of drug-likeness (QED) is 0.675. The van der Waals surface area contributed by atoms with Crippen LogP contribution in [-0.4, -0.2) is 44.2 Å². The third kappa shape index (κ3) is 5.45. The summed E-state index contributed by atoms with van der Waals surface area (Å²) in [6, 6.07) is 8.64. The zero-order valence-corrected chi connectivity index (χ0v) is 17.4. The van der Waals surface area contributed by atoms with Gasteiger partial charge in [0.2, 0.25) is 0 Å². The van der Waals surface area contributed by atoms with Crippen LogP contribution >= 0.6 is 11.3 Å². The Morgan fingerprint density at radius 2 is 2.03 bits per heavy atom. The lowest BCUT2D eigenvalue weighted by Gasteiger charge is -2.36. The number of likely N-dealkylation sites (tertiary alicyclic amines) is 1. The molecule has 1 aliphatic rings. The molecule has 1 N–H and O–H groups in total. The van der Waals surface area contributed by atoms with E-state index in [2.05, 4.69) is 27.9 Å². The average molecular weight is 425 g/mol. The number of hydrogen-bond acceptors (Lipinski definition) is 5. The highest BCUT2D eigenvalue weighted by atomic mass is 32.1. The van der Waals surface area contributed by atoms with Crippen molar-refractivity contribution in [2.24, 2.45) is 5.92 Å². The summed E-state index contributed by atoms with van der Waals surface area (Å²) in [5.41, 5.74) is 0.0295. The first kappa shape index (κ1) is 21.5. The predicted octanol–water partition coefficient (Wildman–Crippen LogP) is 4.56. The summed E-state index contributed by atoms with van der Waals surface area (Å²) in [5, 5.41) is 4.93. The van der Waals surface area contributed by atoms with Crippen molar-refractivity contribution in [1.82, 2.24) is 10.2 Å². The van der Waals surface area contributed by atoms with E-state index in [0.29, 0.717) is 12.5 Å². The van der Waals surface area contributed by atoms with E-state index >= 15 is 0 Å². The van der Waals surface area contributed by atoms with Gasteiger partial charge in [-0.25, -0.2) is 0 Å². The molecule has 1 atom stereocenters. The van der Waals surface area contributed by atoms with Gasteiger partial charge in [-0.15, -0.1) is 11.3 Å². The first-order valence-electron chi connectivity index (χ1n) is 9.67. The number of thiophene rings is 1. The fourth-order valence-corrected chi connectivity index (χ4v) is 4.44. The first-order chi connectivity index (χ1) is 14.0. The second-order valence-corrected chi connectivity index (χ2v) is 8.15. The van der Waals surface area contributed by atoms with Gasteiger partial charge in [-0.05, 0) is 55.4 Å². The van der Waals surface area contributed by atoms with Crippen molar-refractivity contribution in [3.63, 3.8) is 0 Å². The standard InChI is InChI=1S/C21H26F2N2O3S/c1-14-8-10-25(11-9-14)16(18-7-4-12-29-18)13-24-20(26)15-5-3-6-17(27-2)19(15)28-21(22)23/h3-7,12,14,16,21H,8-11,13H2,1-2H3,(H,24,26). The Morgan fingerprint density at radius 3 is 2.66 bits per heavy atom. The number of ether oxygens (including phenoxy) is 2. The Bertz CT molecular complexity index is 793. The van der Waals surface area contributed by atoms with E-state index in [1.54, 1.807) is 17.4 Å². The number of para-hydroxylation sites is 1. The topological polar surface area (TPSA) is 50.8 Å². The molecule has 0 saturated carbocycles. The van der Waals surface area contributed by atoms with E-state index in [9.17, 15) is 13.6 Å². The predicted molar refractivity (Wildman–Crippen MR) is 109 cm³/mol. The van der Waals surface area contributed by atoms with Gasteiger partial charge in [0.25, 0.3) is 5.91 Å². The first-order valence-corrected chi connectivity index (χ1v) is 10.5. The van der Waals surface area contributed by atoms with Gasteiger partial charge in [-0.1, -0.05) is 19.1 Å². The lowest BCUT2D eigenvalue weighted by molar-refractivity contribution is -0.0515. The second kappa shape index (κ2) is 10.0. The van der Waals surface area contributed by atoms with Crippen molar-refractivity contribution in [3.05, 3.63) is 46.2 Å². The molecule has 158 valence electrons. The van der Waals surface area contributed by atoms with Gasteiger partial charge in [0, 0.05) is 11.4 Å². The van der Waals surface area contributed by atoms with Gasteiger partial charge >= 0.3 is 6.61 Å². The number of hydrogen-bond donors (Lipinski definition) is 1. The molecule has 8 heteroatoms. The monoisotopic (exact) mass is 424 g/mol. The molecular weight excluding hydrogens is 398 g/mol. The largest absolute Gasteiger partial charge is 0.493 e. The molecule has 0 bridgehead atoms. The van der Waals surface area contributed by atoms with Crippen LogP contribution in [0.15, 0.2) is 35.7 Å². The molecule has 1 aromatic heterocycles. The molecule has 1 aliphatic heterocycles. The Morgan fingerprint density at radius 1 is 1.28 bits per heavy atom. The minimum absolute atomic E-state index is 0.0295. The second-order valence-electron chi connectivity index (χ2n) is 7.18. The van der Waals surface area contributed by atoms with E-state index in [4.69, 9.17) is 4.74 Å². The summed E-state index contributed by atoms with van der Waals surface area (Å²) >= 11 is 1.65. The number of halogens is 2. The maximum absolute atomic E-state index is 12.8. The number of rotatable bonds is 8. The van der Waals surface area contributed by atoms with Crippen molar-refractivity contribution >= 4 is 17.2 Å². The minimum Gasteiger partial charge on any atom is -0.493 e. The van der Waals surface area contributed by atoms with Gasteiger partial charge in [-0.3, -0.25) is 9.69 Å². The van der Waals surface area contributed by atoms with Crippen LogP contribution in [0.2, 0.25) is 0 Å². The van der Waals surface area contributed by atoms with Crippen LogP contribution in [0.5, 0.6) is 11.5 Å². The maximum Gasteiger partial charge on any atom is 0.387 e. The van der Waals surface area contributed by atoms with Crippen molar-refractivity contribution in [1.29, 1.82) is 0 Å². The van der Waals surface area contributed by atoms with Crippen LogP contribution in [-0.2, 0) is 0 Å². The third-order valence-electron chi connectivity index (χ3n) is 5.24. The van der Waals surface area contributed by atoms with Gasteiger partial charge in [0.15, 0.2) is 11.5 Å². The molecule has 1 unspecified atom stereocenters. The van der Waals surface area contributed by atoms with Crippen LogP contribution in [0.1, 0.15) is 41.0 Å².